The van der Waals surface area contributed by atoms with Crippen LogP contribution in [0.2, 0.25) is 0 Å². The van der Waals surface area contributed by atoms with Crippen LogP contribution in [0.5, 0.6) is 0 Å². The summed E-state index contributed by atoms with van der Waals surface area (Å²) in [7, 11) is 0. The van der Waals surface area contributed by atoms with Gasteiger partial charge in [0.05, 0.1) is 6.54 Å². The third kappa shape index (κ3) is 2.78. The van der Waals surface area contributed by atoms with Crippen molar-refractivity contribution in [3.05, 3.63) is 81.7 Å². The monoisotopic (exact) mass is 376 g/mol. The normalized spacial score (nSPS) is 19.3. The zero-order valence-corrected chi connectivity index (χ0v) is 15.7. The SMILES string of the molecule is CC[C@]1(c2ccccc2)NC(=O)N(Cc2cc(=O)oc3cc(C)ccc23)C1=O. The zero-order chi connectivity index (χ0) is 19.9. The number of aryl methyl sites for hydroxylation is 1. The molecule has 142 valence electrons. The van der Waals surface area contributed by atoms with Crippen LogP contribution in [-0.2, 0) is 16.9 Å². The van der Waals surface area contributed by atoms with E-state index in [0.717, 1.165) is 11.1 Å². The molecular formula is C22H20N2O4. The van der Waals surface area contributed by atoms with Crippen molar-refractivity contribution < 1.29 is 14.0 Å². The maximum absolute atomic E-state index is 13.3. The first-order valence-corrected chi connectivity index (χ1v) is 9.17. The number of carbonyl (C=O) groups is 2. The topological polar surface area (TPSA) is 79.6 Å². The van der Waals surface area contributed by atoms with E-state index in [-0.39, 0.29) is 12.5 Å². The summed E-state index contributed by atoms with van der Waals surface area (Å²) in [6, 6.07) is 15.6. The Balaban J connectivity index is 1.75. The minimum atomic E-state index is -1.09. The van der Waals surface area contributed by atoms with E-state index < -0.39 is 17.2 Å². The lowest BCUT2D eigenvalue weighted by atomic mass is 9.87. The fourth-order valence-electron chi connectivity index (χ4n) is 3.77. The first kappa shape index (κ1) is 18.0. The summed E-state index contributed by atoms with van der Waals surface area (Å²) in [5, 5.41) is 3.57. The fourth-order valence-corrected chi connectivity index (χ4v) is 3.77. The minimum Gasteiger partial charge on any atom is -0.423 e. The van der Waals surface area contributed by atoms with Gasteiger partial charge in [-0.25, -0.2) is 9.59 Å². The van der Waals surface area contributed by atoms with Crippen molar-refractivity contribution in [2.45, 2.75) is 32.4 Å². The molecule has 1 atom stereocenters. The van der Waals surface area contributed by atoms with Gasteiger partial charge in [-0.05, 0) is 36.1 Å². The lowest BCUT2D eigenvalue weighted by Gasteiger charge is -2.25. The molecular weight excluding hydrogens is 356 g/mol. The van der Waals surface area contributed by atoms with Crippen LogP contribution >= 0.6 is 0 Å². The van der Waals surface area contributed by atoms with E-state index in [4.69, 9.17) is 4.42 Å². The second kappa shape index (κ2) is 6.64. The Morgan fingerprint density at radius 1 is 1.04 bits per heavy atom. The lowest BCUT2D eigenvalue weighted by Crippen LogP contribution is -2.43. The molecule has 1 aliphatic rings. The number of nitrogens with zero attached hydrogens (tertiary/aromatic N) is 1. The first-order valence-electron chi connectivity index (χ1n) is 9.17. The molecule has 3 amide bonds. The summed E-state index contributed by atoms with van der Waals surface area (Å²) >= 11 is 0. The van der Waals surface area contributed by atoms with Gasteiger partial charge in [0.15, 0.2) is 0 Å². The Hall–Kier alpha value is -3.41. The highest BCUT2D eigenvalue weighted by Gasteiger charge is 2.51. The highest BCUT2D eigenvalue weighted by Crippen LogP contribution is 2.33. The molecule has 0 aliphatic carbocycles. The van der Waals surface area contributed by atoms with Gasteiger partial charge in [-0.1, -0.05) is 49.4 Å². The smallest absolute Gasteiger partial charge is 0.336 e. The maximum Gasteiger partial charge on any atom is 0.336 e. The average molecular weight is 376 g/mol. The Bertz CT molecular complexity index is 1140. The second-order valence-corrected chi connectivity index (χ2v) is 7.04. The Morgan fingerprint density at radius 3 is 2.50 bits per heavy atom. The predicted octanol–water partition coefficient (Wildman–Crippen LogP) is 3.46. The zero-order valence-electron chi connectivity index (χ0n) is 15.7. The number of carbonyl (C=O) groups excluding carboxylic acids is 2. The third-order valence-electron chi connectivity index (χ3n) is 5.29. The number of nitrogens with one attached hydrogen (secondary N) is 1. The molecule has 0 bridgehead atoms. The summed E-state index contributed by atoms with van der Waals surface area (Å²) in [6.45, 7) is 3.77. The second-order valence-electron chi connectivity index (χ2n) is 7.04. The molecule has 0 saturated carbocycles. The van der Waals surface area contributed by atoms with Gasteiger partial charge in [-0.2, -0.15) is 0 Å². The molecule has 3 aromatic rings. The molecule has 1 N–H and O–H groups in total. The maximum atomic E-state index is 13.3. The van der Waals surface area contributed by atoms with Gasteiger partial charge in [-0.3, -0.25) is 9.69 Å². The van der Waals surface area contributed by atoms with Crippen LogP contribution in [0.25, 0.3) is 11.0 Å². The van der Waals surface area contributed by atoms with Crippen molar-refractivity contribution in [2.75, 3.05) is 0 Å². The summed E-state index contributed by atoms with van der Waals surface area (Å²) in [4.78, 5) is 39.2. The largest absolute Gasteiger partial charge is 0.423 e. The molecule has 1 aliphatic heterocycles. The number of urea groups is 1. The van der Waals surface area contributed by atoms with E-state index in [2.05, 4.69) is 5.32 Å². The van der Waals surface area contributed by atoms with E-state index in [9.17, 15) is 14.4 Å². The minimum absolute atomic E-state index is 0.00438. The van der Waals surface area contributed by atoms with Crippen LogP contribution in [0.4, 0.5) is 4.79 Å². The van der Waals surface area contributed by atoms with Crippen molar-refractivity contribution in [3.8, 4) is 0 Å². The van der Waals surface area contributed by atoms with Crippen LogP contribution in [0.15, 0.2) is 63.8 Å². The number of hydrogen-bond acceptors (Lipinski definition) is 4. The Morgan fingerprint density at radius 2 is 1.79 bits per heavy atom. The lowest BCUT2D eigenvalue weighted by molar-refractivity contribution is -0.132. The summed E-state index contributed by atoms with van der Waals surface area (Å²) in [5.74, 6) is -0.320. The Kier molecular flexibility index (Phi) is 4.26. The van der Waals surface area contributed by atoms with Crippen molar-refractivity contribution in [2.24, 2.45) is 0 Å². The highest BCUT2D eigenvalue weighted by molar-refractivity contribution is 6.07. The number of imide groups is 1. The number of amides is 3. The van der Waals surface area contributed by atoms with Gasteiger partial charge in [-0.15, -0.1) is 0 Å². The van der Waals surface area contributed by atoms with Crippen molar-refractivity contribution in [3.63, 3.8) is 0 Å². The summed E-state index contributed by atoms with van der Waals surface area (Å²) in [5.41, 5.74) is 1.12. The molecule has 0 spiro atoms. The van der Waals surface area contributed by atoms with Crippen molar-refractivity contribution >= 4 is 22.9 Å². The van der Waals surface area contributed by atoms with Crippen LogP contribution < -0.4 is 10.9 Å². The van der Waals surface area contributed by atoms with E-state index in [1.807, 2.05) is 56.3 Å². The number of rotatable bonds is 4. The molecule has 0 radical (unpaired) electrons. The molecule has 6 heteroatoms. The van der Waals surface area contributed by atoms with Gasteiger partial charge < -0.3 is 9.73 Å². The standard InChI is InChI=1S/C22H20N2O4/c1-3-22(16-7-5-4-6-8-16)20(26)24(21(27)23-22)13-15-12-19(25)28-18-11-14(2)9-10-17(15)18/h4-12H,3,13H2,1-2H3,(H,23,27)/t22-/m1/s1. The average Bonchev–Trinajstić information content (AvgIpc) is 2.93. The van der Waals surface area contributed by atoms with Crippen LogP contribution in [0.3, 0.4) is 0 Å². The van der Waals surface area contributed by atoms with Crippen LogP contribution in [0, 0.1) is 6.92 Å². The predicted molar refractivity (Wildman–Crippen MR) is 105 cm³/mol. The molecule has 0 unspecified atom stereocenters. The van der Waals surface area contributed by atoms with Crippen molar-refractivity contribution in [1.29, 1.82) is 0 Å². The molecule has 1 saturated heterocycles. The van der Waals surface area contributed by atoms with Gasteiger partial charge in [0.2, 0.25) is 0 Å². The van der Waals surface area contributed by atoms with E-state index in [0.29, 0.717) is 23.0 Å². The highest BCUT2D eigenvalue weighted by atomic mass is 16.4. The van der Waals surface area contributed by atoms with Gasteiger partial charge in [0, 0.05) is 11.5 Å². The molecule has 4 rings (SSSR count). The van der Waals surface area contributed by atoms with E-state index >= 15 is 0 Å². The molecule has 2 heterocycles. The molecule has 28 heavy (non-hydrogen) atoms. The van der Waals surface area contributed by atoms with Crippen molar-refractivity contribution in [1.82, 2.24) is 10.2 Å². The molecule has 1 fully saturated rings. The van der Waals surface area contributed by atoms with E-state index in [1.54, 1.807) is 6.07 Å². The number of benzene rings is 2. The van der Waals surface area contributed by atoms with E-state index in [1.165, 1.54) is 11.0 Å². The van der Waals surface area contributed by atoms with Gasteiger partial charge in [0.25, 0.3) is 5.91 Å². The molecule has 2 aromatic carbocycles. The van der Waals surface area contributed by atoms with Crippen LogP contribution in [-0.4, -0.2) is 16.8 Å². The Labute approximate surface area is 161 Å². The first-order chi connectivity index (χ1) is 13.4. The van der Waals surface area contributed by atoms with Gasteiger partial charge >= 0.3 is 11.7 Å². The molecule has 6 nitrogen and oxygen atoms in total. The summed E-state index contributed by atoms with van der Waals surface area (Å²) < 4.78 is 5.27. The summed E-state index contributed by atoms with van der Waals surface area (Å²) in [6.07, 6.45) is 0.426. The van der Waals surface area contributed by atoms with Crippen LogP contribution in [0.1, 0.15) is 30.0 Å². The van der Waals surface area contributed by atoms with Gasteiger partial charge in [0.1, 0.15) is 11.1 Å². The fraction of sp³-hybridized carbons (Fsp3) is 0.227. The third-order valence-corrected chi connectivity index (χ3v) is 5.29. The number of fused-ring (bicyclic) bond motifs is 1. The number of hydrogen-bond donors (Lipinski definition) is 1. The molecule has 1 aromatic heterocycles. The quantitative estimate of drug-likeness (QED) is 0.559.